The fourth-order valence-electron chi connectivity index (χ4n) is 3.23. The lowest BCUT2D eigenvalue weighted by Gasteiger charge is -2.06. The third-order valence-corrected chi connectivity index (χ3v) is 5.12. The molecule has 178 valence electrons. The van der Waals surface area contributed by atoms with Crippen molar-refractivity contribution in [3.63, 3.8) is 0 Å². The molecule has 0 atom stereocenters. The predicted octanol–water partition coefficient (Wildman–Crippen LogP) is 5.75. The van der Waals surface area contributed by atoms with E-state index in [1.54, 1.807) is 36.4 Å². The summed E-state index contributed by atoms with van der Waals surface area (Å²) >= 11 is 0. The van der Waals surface area contributed by atoms with Gasteiger partial charge >= 0.3 is 11.9 Å². The van der Waals surface area contributed by atoms with Gasteiger partial charge in [-0.25, -0.2) is 9.59 Å². The number of carbonyl (C=O) groups is 2. The molecule has 4 aromatic carbocycles. The van der Waals surface area contributed by atoms with Crippen molar-refractivity contribution in [1.29, 1.82) is 0 Å². The molecule has 4 rings (SSSR count). The number of ether oxygens (including phenoxy) is 2. The Morgan fingerprint density at radius 2 is 0.971 bits per heavy atom. The summed E-state index contributed by atoms with van der Waals surface area (Å²) in [4.78, 5) is 23.4. The van der Waals surface area contributed by atoms with Crippen molar-refractivity contribution in [1.82, 2.24) is 0 Å². The molecule has 0 bridgehead atoms. The number of benzene rings is 4. The topological polar surface area (TPSA) is 78.6 Å². The fraction of sp³-hybridized carbons (Fsp3) is 0.133. The van der Waals surface area contributed by atoms with Gasteiger partial charge in [0.2, 0.25) is 0 Å². The van der Waals surface area contributed by atoms with Crippen molar-refractivity contribution >= 4 is 17.6 Å². The van der Waals surface area contributed by atoms with Crippen molar-refractivity contribution in [3.8, 4) is 0 Å². The number of nitrogen functional groups attached to an aromatic ring is 1. The van der Waals surface area contributed by atoms with Crippen LogP contribution in [0, 0.1) is 0 Å². The van der Waals surface area contributed by atoms with Gasteiger partial charge in [-0.1, -0.05) is 91.0 Å². The molecule has 0 fully saturated rings. The van der Waals surface area contributed by atoms with Gasteiger partial charge in [0, 0.05) is 18.5 Å². The Bertz CT molecular complexity index is 1180. The van der Waals surface area contributed by atoms with E-state index < -0.39 is 0 Å². The summed E-state index contributed by atoms with van der Waals surface area (Å²) in [7, 11) is 0. The van der Waals surface area contributed by atoms with Crippen LogP contribution in [0.5, 0.6) is 0 Å². The number of rotatable bonds is 8. The molecule has 0 saturated heterocycles. The summed E-state index contributed by atoms with van der Waals surface area (Å²) in [6, 6.07) is 35.8. The van der Waals surface area contributed by atoms with E-state index in [2.05, 4.69) is 0 Å². The maximum absolute atomic E-state index is 11.8. The zero-order chi connectivity index (χ0) is 24.7. The number of hydrogen-bond acceptors (Lipinski definition) is 5. The number of carbonyl (C=O) groups excluding carboxylic acids is 2. The van der Waals surface area contributed by atoms with Crippen LogP contribution in [0.25, 0.3) is 0 Å². The van der Waals surface area contributed by atoms with Crippen LogP contribution in [0.15, 0.2) is 115 Å². The van der Waals surface area contributed by atoms with Crippen LogP contribution in [-0.2, 0) is 22.3 Å². The van der Waals surface area contributed by atoms with Crippen molar-refractivity contribution in [3.05, 3.63) is 138 Å². The predicted molar refractivity (Wildman–Crippen MR) is 138 cm³/mol. The number of anilines is 1. The lowest BCUT2D eigenvalue weighted by Crippen LogP contribution is -2.10. The fourth-order valence-corrected chi connectivity index (χ4v) is 3.23. The third-order valence-electron chi connectivity index (χ3n) is 5.12. The van der Waals surface area contributed by atoms with Crippen LogP contribution in [0.3, 0.4) is 0 Å². The van der Waals surface area contributed by atoms with Crippen LogP contribution in [0.1, 0.15) is 31.8 Å². The Kier molecular flexibility index (Phi) is 10.1. The Morgan fingerprint density at radius 1 is 0.543 bits per heavy atom. The van der Waals surface area contributed by atoms with Crippen LogP contribution >= 0.6 is 0 Å². The second-order valence-electron chi connectivity index (χ2n) is 7.70. The number of esters is 2. The SMILES string of the molecule is Nc1ccccc1C(=O)OCCc1ccccc1.O=C(OCCc1ccccc1)c1ccccc1. The average molecular weight is 468 g/mol. The van der Waals surface area contributed by atoms with Crippen molar-refractivity contribution in [2.24, 2.45) is 0 Å². The molecule has 0 aliphatic carbocycles. The second kappa shape index (κ2) is 14.0. The van der Waals surface area contributed by atoms with Gasteiger partial charge < -0.3 is 15.2 Å². The smallest absolute Gasteiger partial charge is 0.340 e. The van der Waals surface area contributed by atoms with Gasteiger partial charge in [0.05, 0.1) is 24.3 Å². The van der Waals surface area contributed by atoms with E-state index in [0.29, 0.717) is 36.4 Å². The minimum atomic E-state index is -0.371. The first-order valence-corrected chi connectivity index (χ1v) is 11.4. The average Bonchev–Trinajstić information content (AvgIpc) is 2.91. The van der Waals surface area contributed by atoms with Crippen molar-refractivity contribution < 1.29 is 19.1 Å². The molecule has 0 aliphatic rings. The van der Waals surface area contributed by atoms with Gasteiger partial charge in [0.25, 0.3) is 0 Å². The first-order valence-electron chi connectivity index (χ1n) is 11.4. The second-order valence-corrected chi connectivity index (χ2v) is 7.70. The molecular weight excluding hydrogens is 438 g/mol. The molecule has 35 heavy (non-hydrogen) atoms. The highest BCUT2D eigenvalue weighted by molar-refractivity contribution is 5.95. The zero-order valence-corrected chi connectivity index (χ0v) is 19.5. The molecule has 0 amide bonds. The Labute approximate surface area is 206 Å². The van der Waals surface area contributed by atoms with E-state index in [1.165, 1.54) is 5.56 Å². The number of hydrogen-bond donors (Lipinski definition) is 1. The van der Waals surface area contributed by atoms with Gasteiger partial charge in [-0.05, 0) is 35.4 Å². The molecule has 0 unspecified atom stereocenters. The van der Waals surface area contributed by atoms with Gasteiger partial charge in [-0.15, -0.1) is 0 Å². The summed E-state index contributed by atoms with van der Waals surface area (Å²) in [5.74, 6) is -0.634. The van der Waals surface area contributed by atoms with Gasteiger partial charge in [0.1, 0.15) is 0 Å². The quantitative estimate of drug-likeness (QED) is 0.263. The van der Waals surface area contributed by atoms with Gasteiger partial charge in [-0.2, -0.15) is 0 Å². The summed E-state index contributed by atoms with van der Waals surface area (Å²) < 4.78 is 10.4. The molecule has 0 radical (unpaired) electrons. The van der Waals surface area contributed by atoms with Gasteiger partial charge in [0.15, 0.2) is 0 Å². The van der Waals surface area contributed by atoms with Crippen LogP contribution < -0.4 is 5.73 Å². The first-order chi connectivity index (χ1) is 17.1. The maximum atomic E-state index is 11.8. The number of para-hydroxylation sites is 1. The lowest BCUT2D eigenvalue weighted by atomic mass is 10.1. The highest BCUT2D eigenvalue weighted by Gasteiger charge is 2.09. The van der Waals surface area contributed by atoms with Crippen LogP contribution in [0.4, 0.5) is 5.69 Å². The van der Waals surface area contributed by atoms with E-state index in [1.807, 2.05) is 78.9 Å². The Morgan fingerprint density at radius 3 is 1.49 bits per heavy atom. The maximum Gasteiger partial charge on any atom is 0.340 e. The molecule has 0 aromatic heterocycles. The normalized spacial score (nSPS) is 9.94. The molecule has 4 aromatic rings. The molecule has 0 spiro atoms. The Balaban J connectivity index is 0.000000196. The highest BCUT2D eigenvalue weighted by atomic mass is 16.5. The minimum Gasteiger partial charge on any atom is -0.462 e. The summed E-state index contributed by atoms with van der Waals surface area (Å²) in [5.41, 5.74) is 9.49. The molecule has 5 heteroatoms. The minimum absolute atomic E-state index is 0.262. The van der Waals surface area contributed by atoms with Crippen molar-refractivity contribution in [2.75, 3.05) is 18.9 Å². The largest absolute Gasteiger partial charge is 0.462 e. The van der Waals surface area contributed by atoms with Crippen molar-refractivity contribution in [2.45, 2.75) is 12.8 Å². The molecular formula is C30H29NO4. The number of nitrogens with two attached hydrogens (primary N) is 1. The molecule has 5 nitrogen and oxygen atoms in total. The van der Waals surface area contributed by atoms with Gasteiger partial charge in [-0.3, -0.25) is 0 Å². The van der Waals surface area contributed by atoms with Crippen LogP contribution in [-0.4, -0.2) is 25.2 Å². The third kappa shape index (κ3) is 8.82. The summed E-state index contributed by atoms with van der Waals surface area (Å²) in [6.45, 7) is 0.773. The molecule has 0 aliphatic heterocycles. The molecule has 0 saturated carbocycles. The molecule has 2 N–H and O–H groups in total. The monoisotopic (exact) mass is 467 g/mol. The zero-order valence-electron chi connectivity index (χ0n) is 19.5. The first kappa shape index (κ1) is 25.2. The summed E-state index contributed by atoms with van der Waals surface area (Å²) in [5, 5.41) is 0. The Hall–Kier alpha value is -4.38. The standard InChI is InChI=1S/C15H15NO2.C15H14O2/c16-14-9-5-4-8-13(14)15(17)18-11-10-12-6-2-1-3-7-12;16-15(14-9-5-2-6-10-14)17-12-11-13-7-3-1-4-8-13/h1-9H,10-11,16H2;1-10H,11-12H2. The van der Waals surface area contributed by atoms with E-state index in [4.69, 9.17) is 15.2 Å². The highest BCUT2D eigenvalue weighted by Crippen LogP contribution is 2.12. The summed E-state index contributed by atoms with van der Waals surface area (Å²) in [6.07, 6.45) is 1.46. The lowest BCUT2D eigenvalue weighted by molar-refractivity contribution is 0.0500. The molecule has 0 heterocycles. The van der Waals surface area contributed by atoms with E-state index >= 15 is 0 Å². The van der Waals surface area contributed by atoms with E-state index in [0.717, 1.165) is 12.0 Å². The van der Waals surface area contributed by atoms with Crippen LogP contribution in [0.2, 0.25) is 0 Å². The van der Waals surface area contributed by atoms with E-state index in [-0.39, 0.29) is 11.9 Å². The van der Waals surface area contributed by atoms with E-state index in [9.17, 15) is 9.59 Å².